The summed E-state index contributed by atoms with van der Waals surface area (Å²) >= 11 is 5.91. The lowest BCUT2D eigenvalue weighted by molar-refractivity contribution is -0.124. The van der Waals surface area contributed by atoms with Crippen molar-refractivity contribution in [2.75, 3.05) is 0 Å². The molecule has 29 heavy (non-hydrogen) atoms. The van der Waals surface area contributed by atoms with E-state index in [1.54, 1.807) is 17.8 Å². The number of para-hydroxylation sites is 1. The number of halogens is 1. The molecule has 0 aliphatic rings. The molecule has 0 bridgehead atoms. The van der Waals surface area contributed by atoms with Crippen LogP contribution in [0.5, 0.6) is 0 Å². The van der Waals surface area contributed by atoms with Gasteiger partial charge in [-0.15, -0.1) is 0 Å². The van der Waals surface area contributed by atoms with Crippen molar-refractivity contribution in [1.82, 2.24) is 24.9 Å². The molecule has 4 rings (SSSR count). The van der Waals surface area contributed by atoms with E-state index in [4.69, 9.17) is 16.7 Å². The average molecular weight is 406 g/mol. The molecule has 146 valence electrons. The van der Waals surface area contributed by atoms with E-state index in [9.17, 15) is 4.79 Å². The third kappa shape index (κ3) is 4.22. The van der Waals surface area contributed by atoms with Crippen LogP contribution >= 0.6 is 11.6 Å². The van der Waals surface area contributed by atoms with Crippen LogP contribution in [0.1, 0.15) is 18.5 Å². The standard InChI is InChI=1S/C22H20ClN5O/c1-16(27-15-19(23)13-25-27)22(29)24-12-18-14-28(20-10-6-3-7-11-20)26-21(18)17-8-4-2-5-9-17/h2-11,13-16H,12H2,1H3,(H,24,29). The number of amides is 1. The van der Waals surface area contributed by atoms with Crippen molar-refractivity contribution >= 4 is 17.5 Å². The normalized spacial score (nSPS) is 11.9. The second-order valence-electron chi connectivity index (χ2n) is 6.68. The quantitative estimate of drug-likeness (QED) is 0.521. The zero-order valence-electron chi connectivity index (χ0n) is 15.9. The van der Waals surface area contributed by atoms with Crippen molar-refractivity contribution in [2.24, 2.45) is 0 Å². The highest BCUT2D eigenvalue weighted by Gasteiger charge is 2.18. The van der Waals surface area contributed by atoms with Gasteiger partial charge in [-0.2, -0.15) is 10.2 Å². The summed E-state index contributed by atoms with van der Waals surface area (Å²) in [6, 6.07) is 19.4. The highest BCUT2D eigenvalue weighted by molar-refractivity contribution is 6.30. The molecule has 0 aliphatic carbocycles. The molecule has 1 atom stereocenters. The predicted molar refractivity (Wildman–Crippen MR) is 113 cm³/mol. The van der Waals surface area contributed by atoms with Gasteiger partial charge in [0.25, 0.3) is 0 Å². The van der Waals surface area contributed by atoms with Gasteiger partial charge >= 0.3 is 0 Å². The van der Waals surface area contributed by atoms with Gasteiger partial charge in [-0.3, -0.25) is 9.48 Å². The fourth-order valence-electron chi connectivity index (χ4n) is 3.07. The predicted octanol–water partition coefficient (Wildman–Crippen LogP) is 4.27. The van der Waals surface area contributed by atoms with Crippen LogP contribution in [0, 0.1) is 0 Å². The third-order valence-corrected chi connectivity index (χ3v) is 4.85. The zero-order chi connectivity index (χ0) is 20.2. The maximum absolute atomic E-state index is 12.6. The number of carbonyl (C=O) groups excluding carboxylic acids is 1. The number of hydrogen-bond donors (Lipinski definition) is 1. The minimum atomic E-state index is -0.466. The first-order valence-electron chi connectivity index (χ1n) is 9.28. The third-order valence-electron chi connectivity index (χ3n) is 4.66. The maximum Gasteiger partial charge on any atom is 0.244 e. The molecule has 1 N–H and O–H groups in total. The summed E-state index contributed by atoms with van der Waals surface area (Å²) < 4.78 is 3.38. The van der Waals surface area contributed by atoms with Gasteiger partial charge in [0.2, 0.25) is 5.91 Å². The largest absolute Gasteiger partial charge is 0.350 e. The van der Waals surface area contributed by atoms with Crippen LogP contribution < -0.4 is 5.32 Å². The molecule has 2 aromatic heterocycles. The Balaban J connectivity index is 1.58. The lowest BCUT2D eigenvalue weighted by Gasteiger charge is -2.12. The molecule has 0 saturated carbocycles. The molecule has 7 heteroatoms. The zero-order valence-corrected chi connectivity index (χ0v) is 16.6. The lowest BCUT2D eigenvalue weighted by atomic mass is 10.1. The minimum absolute atomic E-state index is 0.142. The molecule has 6 nitrogen and oxygen atoms in total. The number of hydrogen-bond acceptors (Lipinski definition) is 3. The lowest BCUT2D eigenvalue weighted by Crippen LogP contribution is -2.30. The van der Waals surface area contributed by atoms with Crippen LogP contribution in [0.4, 0.5) is 0 Å². The summed E-state index contributed by atoms with van der Waals surface area (Å²) in [5.74, 6) is -0.142. The van der Waals surface area contributed by atoms with Crippen molar-refractivity contribution in [1.29, 1.82) is 0 Å². The van der Waals surface area contributed by atoms with E-state index in [2.05, 4.69) is 10.4 Å². The molecule has 2 aromatic carbocycles. The van der Waals surface area contributed by atoms with Gasteiger partial charge in [-0.05, 0) is 19.1 Å². The highest BCUT2D eigenvalue weighted by Crippen LogP contribution is 2.23. The molecule has 0 radical (unpaired) electrons. The number of benzene rings is 2. The van der Waals surface area contributed by atoms with Crippen LogP contribution in [-0.2, 0) is 11.3 Å². The van der Waals surface area contributed by atoms with E-state index in [-0.39, 0.29) is 5.91 Å². The van der Waals surface area contributed by atoms with Crippen molar-refractivity contribution < 1.29 is 4.79 Å². The van der Waals surface area contributed by atoms with E-state index < -0.39 is 6.04 Å². The van der Waals surface area contributed by atoms with E-state index >= 15 is 0 Å². The molecule has 4 aromatic rings. The Kier molecular flexibility index (Phi) is 5.44. The first kappa shape index (κ1) is 19.0. The van der Waals surface area contributed by atoms with Gasteiger partial charge in [-0.1, -0.05) is 60.1 Å². The first-order valence-corrected chi connectivity index (χ1v) is 9.66. The fourth-order valence-corrected chi connectivity index (χ4v) is 3.21. The summed E-state index contributed by atoms with van der Waals surface area (Å²) in [6.07, 6.45) is 5.10. The highest BCUT2D eigenvalue weighted by atomic mass is 35.5. The van der Waals surface area contributed by atoms with Crippen LogP contribution in [0.2, 0.25) is 5.02 Å². The Morgan fingerprint density at radius 1 is 1.07 bits per heavy atom. The van der Waals surface area contributed by atoms with Gasteiger partial charge in [0.15, 0.2) is 0 Å². The summed E-state index contributed by atoms with van der Waals surface area (Å²) in [5.41, 5.74) is 3.73. The number of nitrogens with zero attached hydrogens (tertiary/aromatic N) is 4. The topological polar surface area (TPSA) is 64.7 Å². The monoisotopic (exact) mass is 405 g/mol. The Labute approximate surface area is 173 Å². The Bertz CT molecular complexity index is 1100. The van der Waals surface area contributed by atoms with Crippen LogP contribution in [-0.4, -0.2) is 25.5 Å². The van der Waals surface area contributed by atoms with E-state index in [0.29, 0.717) is 11.6 Å². The molecule has 0 saturated heterocycles. The smallest absolute Gasteiger partial charge is 0.244 e. The van der Waals surface area contributed by atoms with Crippen molar-refractivity contribution in [3.63, 3.8) is 0 Å². The van der Waals surface area contributed by atoms with Gasteiger partial charge < -0.3 is 5.32 Å². The average Bonchev–Trinajstić information content (AvgIpc) is 3.39. The van der Waals surface area contributed by atoms with Gasteiger partial charge in [0.1, 0.15) is 6.04 Å². The molecule has 0 fully saturated rings. The van der Waals surface area contributed by atoms with Crippen LogP contribution in [0.25, 0.3) is 16.9 Å². The van der Waals surface area contributed by atoms with E-state index in [1.807, 2.05) is 71.5 Å². The van der Waals surface area contributed by atoms with Gasteiger partial charge in [0.05, 0.1) is 22.6 Å². The van der Waals surface area contributed by atoms with Crippen molar-refractivity contribution in [3.05, 3.63) is 89.8 Å². The number of aromatic nitrogens is 4. The maximum atomic E-state index is 12.6. The summed E-state index contributed by atoms with van der Waals surface area (Å²) in [7, 11) is 0. The van der Waals surface area contributed by atoms with Crippen LogP contribution in [0.3, 0.4) is 0 Å². The summed E-state index contributed by atoms with van der Waals surface area (Å²) in [4.78, 5) is 12.6. The number of carbonyl (C=O) groups is 1. The summed E-state index contributed by atoms with van der Waals surface area (Å²) in [5, 5.41) is 12.4. The second kappa shape index (κ2) is 8.32. The van der Waals surface area contributed by atoms with Crippen molar-refractivity contribution in [3.8, 4) is 16.9 Å². The molecule has 1 unspecified atom stereocenters. The number of rotatable bonds is 6. The number of nitrogens with one attached hydrogen (secondary N) is 1. The van der Waals surface area contributed by atoms with Crippen molar-refractivity contribution in [2.45, 2.75) is 19.5 Å². The molecular weight excluding hydrogens is 386 g/mol. The second-order valence-corrected chi connectivity index (χ2v) is 7.12. The van der Waals surface area contributed by atoms with Gasteiger partial charge in [-0.25, -0.2) is 4.68 Å². The first-order chi connectivity index (χ1) is 14.1. The SMILES string of the molecule is CC(C(=O)NCc1cn(-c2ccccc2)nc1-c1ccccc1)n1cc(Cl)cn1. The molecule has 1 amide bonds. The van der Waals surface area contributed by atoms with Crippen LogP contribution in [0.15, 0.2) is 79.3 Å². The molecule has 0 aliphatic heterocycles. The Morgan fingerprint density at radius 3 is 2.41 bits per heavy atom. The summed E-state index contributed by atoms with van der Waals surface area (Å²) in [6.45, 7) is 2.14. The fraction of sp³-hybridized carbons (Fsp3) is 0.136. The minimum Gasteiger partial charge on any atom is -0.350 e. The Morgan fingerprint density at radius 2 is 1.76 bits per heavy atom. The van der Waals surface area contributed by atoms with Gasteiger partial charge in [0, 0.05) is 30.1 Å². The Hall–Kier alpha value is -3.38. The molecule has 2 heterocycles. The molecule has 0 spiro atoms. The molecular formula is C22H20ClN5O. The van der Waals surface area contributed by atoms with E-state index in [1.165, 1.54) is 6.20 Å². The van der Waals surface area contributed by atoms with E-state index in [0.717, 1.165) is 22.5 Å².